The van der Waals surface area contributed by atoms with Gasteiger partial charge in [-0.2, -0.15) is 0 Å². The molecule has 3 aromatic rings. The van der Waals surface area contributed by atoms with Crippen LogP contribution in [0.1, 0.15) is 55.0 Å². The summed E-state index contributed by atoms with van der Waals surface area (Å²) < 4.78 is 5.61. The van der Waals surface area contributed by atoms with Crippen LogP contribution >= 0.6 is 22.7 Å². The molecule has 1 unspecified atom stereocenters. The fourth-order valence-electron chi connectivity index (χ4n) is 3.41. The summed E-state index contributed by atoms with van der Waals surface area (Å²) in [6.07, 6.45) is 1.23. The van der Waals surface area contributed by atoms with Crippen LogP contribution in [0, 0.1) is 0 Å². The number of carbonyl (C=O) groups excluding carboxylic acids is 1. The van der Waals surface area contributed by atoms with E-state index in [1.54, 1.807) is 27.6 Å². The van der Waals surface area contributed by atoms with Crippen LogP contribution in [-0.4, -0.2) is 28.4 Å². The van der Waals surface area contributed by atoms with Gasteiger partial charge in [0.25, 0.3) is 5.91 Å². The van der Waals surface area contributed by atoms with Crippen molar-refractivity contribution in [2.24, 2.45) is 0 Å². The zero-order valence-electron chi connectivity index (χ0n) is 14.1. The van der Waals surface area contributed by atoms with Gasteiger partial charge in [-0.15, -0.1) is 22.7 Å². The van der Waals surface area contributed by atoms with Crippen LogP contribution in [0.15, 0.2) is 39.4 Å². The first-order valence-corrected chi connectivity index (χ1v) is 10.1. The second-order valence-electron chi connectivity index (χ2n) is 6.07. The number of rotatable bonds is 4. The van der Waals surface area contributed by atoms with Gasteiger partial charge in [0.1, 0.15) is 11.3 Å². The van der Waals surface area contributed by atoms with Crippen molar-refractivity contribution in [2.75, 3.05) is 6.54 Å². The molecule has 3 aromatic heterocycles. The highest BCUT2D eigenvalue weighted by Gasteiger charge is 2.35. The summed E-state index contributed by atoms with van der Waals surface area (Å²) >= 11 is 3.33. The molecule has 0 aliphatic carbocycles. The Morgan fingerprint density at radius 1 is 1.31 bits per heavy atom. The number of carboxylic acid groups (broad SMARTS) is 1. The molecule has 7 heteroatoms. The maximum atomic E-state index is 13.2. The van der Waals surface area contributed by atoms with Crippen LogP contribution in [-0.2, 0) is 12.8 Å². The minimum Gasteiger partial charge on any atom is -0.478 e. The number of hydrogen-bond donors (Lipinski definition) is 1. The summed E-state index contributed by atoms with van der Waals surface area (Å²) in [5.41, 5.74) is 1.22. The Morgan fingerprint density at radius 3 is 2.81 bits per heavy atom. The van der Waals surface area contributed by atoms with Gasteiger partial charge in [-0.1, -0.05) is 13.0 Å². The molecule has 5 nitrogen and oxygen atoms in total. The smallest absolute Gasteiger partial charge is 0.339 e. The predicted molar refractivity (Wildman–Crippen MR) is 100 cm³/mol. The molecule has 1 aliphatic rings. The fraction of sp³-hybridized carbons (Fsp3) is 0.263. The van der Waals surface area contributed by atoms with Crippen molar-refractivity contribution in [1.82, 2.24) is 4.90 Å². The summed E-state index contributed by atoms with van der Waals surface area (Å²) in [5.74, 6) is -0.901. The number of nitrogens with zero attached hydrogens (tertiary/aromatic N) is 1. The molecule has 1 amide bonds. The molecule has 0 saturated heterocycles. The van der Waals surface area contributed by atoms with Gasteiger partial charge in [0.15, 0.2) is 5.76 Å². The number of fused-ring (bicyclic) bond motifs is 1. The molecule has 0 spiro atoms. The summed E-state index contributed by atoms with van der Waals surface area (Å²) in [7, 11) is 0. The van der Waals surface area contributed by atoms with Crippen LogP contribution in [0.5, 0.6) is 0 Å². The molecule has 1 aliphatic heterocycles. The van der Waals surface area contributed by atoms with Gasteiger partial charge < -0.3 is 14.4 Å². The number of aryl methyl sites for hydroxylation is 1. The van der Waals surface area contributed by atoms with Crippen molar-refractivity contribution < 1.29 is 19.1 Å². The molecular formula is C19H17NO4S2. The Hall–Kier alpha value is -2.38. The van der Waals surface area contributed by atoms with Gasteiger partial charge >= 0.3 is 5.97 Å². The van der Waals surface area contributed by atoms with Gasteiger partial charge in [-0.3, -0.25) is 4.79 Å². The first kappa shape index (κ1) is 17.1. The predicted octanol–water partition coefficient (Wildman–Crippen LogP) is 4.45. The summed E-state index contributed by atoms with van der Waals surface area (Å²) in [4.78, 5) is 28.8. The van der Waals surface area contributed by atoms with Gasteiger partial charge in [-0.05, 0) is 34.9 Å². The van der Waals surface area contributed by atoms with Gasteiger partial charge in [-0.25, -0.2) is 4.79 Å². The number of carbonyl (C=O) groups is 2. The van der Waals surface area contributed by atoms with Crippen LogP contribution in [0.3, 0.4) is 0 Å². The van der Waals surface area contributed by atoms with E-state index in [4.69, 9.17) is 4.42 Å². The standard InChI is InChI=1S/C19H17NO4S2/c1-2-13-12(19(22)23)10-14(24-13)18(21)20-7-5-15-11(6-9-26-15)17(20)16-4-3-8-25-16/h3-4,6,8-10,17H,2,5,7H2,1H3,(H,22,23). The molecule has 26 heavy (non-hydrogen) atoms. The average molecular weight is 387 g/mol. The quantitative estimate of drug-likeness (QED) is 0.718. The second kappa shape index (κ2) is 6.74. The molecule has 4 heterocycles. The fourth-order valence-corrected chi connectivity index (χ4v) is 5.17. The van der Waals surface area contributed by atoms with Crippen molar-refractivity contribution in [3.8, 4) is 0 Å². The first-order chi connectivity index (χ1) is 12.6. The van der Waals surface area contributed by atoms with Crippen molar-refractivity contribution >= 4 is 34.6 Å². The zero-order valence-corrected chi connectivity index (χ0v) is 15.7. The molecule has 0 radical (unpaired) electrons. The Balaban J connectivity index is 1.74. The van der Waals surface area contributed by atoms with E-state index in [0.29, 0.717) is 18.7 Å². The lowest BCUT2D eigenvalue weighted by molar-refractivity contribution is 0.0661. The van der Waals surface area contributed by atoms with Crippen LogP contribution < -0.4 is 0 Å². The lowest BCUT2D eigenvalue weighted by Crippen LogP contribution is -2.39. The number of hydrogen-bond acceptors (Lipinski definition) is 5. The number of aromatic carboxylic acids is 1. The molecular weight excluding hydrogens is 370 g/mol. The van der Waals surface area contributed by atoms with E-state index in [1.165, 1.54) is 10.9 Å². The Morgan fingerprint density at radius 2 is 2.15 bits per heavy atom. The number of furan rings is 1. The minimum atomic E-state index is -1.07. The van der Waals surface area contributed by atoms with Crippen LogP contribution in [0.25, 0.3) is 0 Å². The van der Waals surface area contributed by atoms with Crippen LogP contribution in [0.2, 0.25) is 0 Å². The molecule has 1 atom stereocenters. The summed E-state index contributed by atoms with van der Waals surface area (Å²) in [5, 5.41) is 13.4. The molecule has 4 rings (SSSR count). The molecule has 0 fully saturated rings. The molecule has 0 bridgehead atoms. The van der Waals surface area contributed by atoms with E-state index in [2.05, 4.69) is 11.4 Å². The zero-order chi connectivity index (χ0) is 18.3. The highest BCUT2D eigenvalue weighted by Crippen LogP contribution is 2.40. The second-order valence-corrected chi connectivity index (χ2v) is 8.05. The number of thiophene rings is 2. The molecule has 134 valence electrons. The lowest BCUT2D eigenvalue weighted by atomic mass is 9.98. The lowest BCUT2D eigenvalue weighted by Gasteiger charge is -2.34. The molecule has 1 N–H and O–H groups in total. The largest absolute Gasteiger partial charge is 0.478 e. The minimum absolute atomic E-state index is 0.0664. The SMILES string of the molecule is CCc1oc(C(=O)N2CCc3sccc3C2c2cccs2)cc1C(=O)O. The molecule has 0 saturated carbocycles. The van der Waals surface area contributed by atoms with Crippen LogP contribution in [0.4, 0.5) is 0 Å². The summed E-state index contributed by atoms with van der Waals surface area (Å²) in [6, 6.07) is 7.30. The third-order valence-corrected chi connectivity index (χ3v) is 6.53. The third kappa shape index (κ3) is 2.77. The highest BCUT2D eigenvalue weighted by atomic mass is 32.1. The van der Waals surface area contributed by atoms with Crippen molar-refractivity contribution in [3.63, 3.8) is 0 Å². The van der Waals surface area contributed by atoms with Crippen molar-refractivity contribution in [1.29, 1.82) is 0 Å². The van der Waals surface area contributed by atoms with Gasteiger partial charge in [0.2, 0.25) is 0 Å². The maximum absolute atomic E-state index is 13.2. The third-order valence-electron chi connectivity index (χ3n) is 4.61. The van der Waals surface area contributed by atoms with Gasteiger partial charge in [0.05, 0.1) is 6.04 Å². The Labute approximate surface area is 158 Å². The van der Waals surface area contributed by atoms with Crippen molar-refractivity contribution in [2.45, 2.75) is 25.8 Å². The van der Waals surface area contributed by atoms with E-state index in [1.807, 2.05) is 24.4 Å². The Kier molecular flexibility index (Phi) is 4.42. The Bertz CT molecular complexity index is 954. The summed E-state index contributed by atoms with van der Waals surface area (Å²) in [6.45, 7) is 2.39. The number of carboxylic acids is 1. The van der Waals surface area contributed by atoms with Gasteiger partial charge in [0, 0.05) is 28.8 Å². The number of amides is 1. The van der Waals surface area contributed by atoms with E-state index >= 15 is 0 Å². The van der Waals surface area contributed by atoms with E-state index in [-0.39, 0.29) is 23.3 Å². The highest BCUT2D eigenvalue weighted by molar-refractivity contribution is 7.10. The van der Waals surface area contributed by atoms with E-state index in [0.717, 1.165) is 16.9 Å². The first-order valence-electron chi connectivity index (χ1n) is 8.36. The monoisotopic (exact) mass is 387 g/mol. The van der Waals surface area contributed by atoms with Crippen molar-refractivity contribution in [3.05, 3.63) is 67.4 Å². The van der Waals surface area contributed by atoms with E-state index in [9.17, 15) is 14.7 Å². The topological polar surface area (TPSA) is 70.8 Å². The molecule has 0 aromatic carbocycles. The average Bonchev–Trinajstić information content (AvgIpc) is 3.39. The maximum Gasteiger partial charge on any atom is 0.339 e. The normalized spacial score (nSPS) is 16.5. The van der Waals surface area contributed by atoms with E-state index < -0.39 is 5.97 Å².